The molecule has 1 aliphatic carbocycles. The highest BCUT2D eigenvalue weighted by Crippen LogP contribution is 2.55. The second-order valence-electron chi connectivity index (χ2n) is 24.8. The van der Waals surface area contributed by atoms with E-state index in [-0.39, 0.29) is 264 Å². The van der Waals surface area contributed by atoms with Crippen molar-refractivity contribution in [3.8, 4) is 22.3 Å². The molecular formula is C78H132BrNO45. The van der Waals surface area contributed by atoms with E-state index in [9.17, 15) is 4.79 Å². The maximum atomic E-state index is 12.3. The minimum Gasteiger partial charge on any atom is -0.382 e. The molecule has 0 aliphatic heterocycles. The molecule has 0 spiro atoms. The molecule has 0 bridgehead atoms. The molecule has 3 aromatic carbocycles. The van der Waals surface area contributed by atoms with Crippen molar-refractivity contribution in [2.75, 3.05) is 325 Å². The van der Waals surface area contributed by atoms with Crippen molar-refractivity contribution in [2.45, 2.75) is 63.2 Å². The fourth-order valence-corrected chi connectivity index (χ4v) is 10.6. The summed E-state index contributed by atoms with van der Waals surface area (Å²) in [6.45, 7) is 8.09. The molecule has 46 nitrogen and oxygen atoms in total. The summed E-state index contributed by atoms with van der Waals surface area (Å²) in [4.78, 5) is 212. The van der Waals surface area contributed by atoms with Gasteiger partial charge >= 0.3 is 0 Å². The van der Waals surface area contributed by atoms with E-state index in [0.29, 0.717) is 72.2 Å². The van der Waals surface area contributed by atoms with Gasteiger partial charge in [0.1, 0.15) is 270 Å². The highest BCUT2D eigenvalue weighted by atomic mass is 79.9. The maximum Gasteiger partial charge on any atom is 0.132 e. The number of ether oxygens (including phenoxy) is 4. The molecule has 1 aliphatic rings. The summed E-state index contributed by atoms with van der Waals surface area (Å²) in [5, 5.41) is 0. The van der Waals surface area contributed by atoms with Gasteiger partial charge in [0.25, 0.3) is 0 Å². The van der Waals surface area contributed by atoms with Crippen LogP contribution in [0.15, 0.2) is 65.1 Å². The Balaban J connectivity index is 0.0000410. The number of fused-ring (bicyclic) bond motifs is 3. The Bertz CT molecular complexity index is 2730. The molecule has 0 unspecified atom stereocenters. The van der Waals surface area contributed by atoms with Crippen molar-refractivity contribution < 1.29 is 221 Å². The minimum absolute atomic E-state index is 0. The lowest BCUT2D eigenvalue weighted by Gasteiger charge is -2.33. The maximum absolute atomic E-state index is 12.3. The first-order valence-electron chi connectivity index (χ1n) is 41.3. The van der Waals surface area contributed by atoms with E-state index >= 15 is 0 Å². The molecular weight excluding hydrogens is 1750 g/mol. The summed E-state index contributed by atoms with van der Waals surface area (Å²) in [6.07, 6.45) is 6.54. The predicted molar refractivity (Wildman–Crippen MR) is 426 cm³/mol. The number of aryl methyl sites for hydroxylation is 1. The third kappa shape index (κ3) is 65.3. The van der Waals surface area contributed by atoms with E-state index in [0.717, 1.165) is 60.5 Å². The van der Waals surface area contributed by atoms with Crippen LogP contribution in [0.1, 0.15) is 69.5 Å². The Kier molecular flexibility index (Phi) is 79.7. The molecule has 726 valence electrons. The number of benzene rings is 3. The van der Waals surface area contributed by atoms with Crippen molar-refractivity contribution in [3.05, 3.63) is 81.8 Å². The van der Waals surface area contributed by atoms with Crippen molar-refractivity contribution in [1.82, 2.24) is 0 Å². The second kappa shape index (κ2) is 88.0. The quantitative estimate of drug-likeness (QED) is 0.0334. The van der Waals surface area contributed by atoms with Crippen LogP contribution in [0, 0.1) is 0 Å². The minimum atomic E-state index is -0.370. The number of nitrogens with two attached hydrogens (primary N) is 1. The monoisotopic (exact) mass is 1880 g/mol. The van der Waals surface area contributed by atoms with E-state index in [4.69, 9.17) is 220 Å². The van der Waals surface area contributed by atoms with Crippen molar-refractivity contribution in [2.24, 2.45) is 5.73 Å². The smallest absolute Gasteiger partial charge is 0.132 e. The van der Waals surface area contributed by atoms with Crippen LogP contribution in [0.4, 0.5) is 0 Å². The van der Waals surface area contributed by atoms with Crippen LogP contribution >= 0.6 is 15.9 Å². The second-order valence-corrected chi connectivity index (χ2v) is 25.7. The predicted octanol–water partition coefficient (Wildman–Crippen LogP) is 7.11. The SMILES string of the molecule is COCCOOCCOOCCOOCCOOCCOOCCOOCCOOCCOOCCOOCCOOCCOCCCC1(CCCOCCOOCCOOCCOOCCOOCCOOCCOOCCOOCCOOCCOOCCOOCCOC)c2cc(Br)ccc2-c2ccc(-c3ccc(CCCC(=O)CCCN)cc3)cc21.[2HH]. The van der Waals surface area contributed by atoms with Gasteiger partial charge in [-0.15, -0.1) is 0 Å². The van der Waals surface area contributed by atoms with Gasteiger partial charge < -0.3 is 24.7 Å². The van der Waals surface area contributed by atoms with Gasteiger partial charge in [-0.1, -0.05) is 58.4 Å². The molecule has 2 N–H and O–H groups in total. The lowest BCUT2D eigenvalue weighted by Crippen LogP contribution is -2.27. The Morgan fingerprint density at radius 1 is 0.264 bits per heavy atom. The number of hydrogen-bond donors (Lipinski definition) is 1. The summed E-state index contributed by atoms with van der Waals surface area (Å²) >= 11 is 3.80. The molecule has 0 amide bonds. The number of hydrogen-bond acceptors (Lipinski definition) is 46. The van der Waals surface area contributed by atoms with Crippen molar-refractivity contribution >= 4 is 21.7 Å². The van der Waals surface area contributed by atoms with Crippen LogP contribution in [0.5, 0.6) is 0 Å². The number of ketones is 1. The third-order valence-electron chi connectivity index (χ3n) is 15.5. The van der Waals surface area contributed by atoms with Gasteiger partial charge in [0.2, 0.25) is 0 Å². The van der Waals surface area contributed by atoms with E-state index < -0.39 is 0 Å². The average Bonchev–Trinajstić information content (AvgIpc) is 1.56. The Labute approximate surface area is 737 Å². The van der Waals surface area contributed by atoms with Crippen molar-refractivity contribution in [1.29, 1.82) is 0 Å². The van der Waals surface area contributed by atoms with Gasteiger partial charge in [0.05, 0.1) is 26.4 Å². The summed E-state index contributed by atoms with van der Waals surface area (Å²) in [5.74, 6) is 0.258. The summed E-state index contributed by atoms with van der Waals surface area (Å²) in [6, 6.07) is 22.0. The van der Waals surface area contributed by atoms with Crippen LogP contribution in [0.25, 0.3) is 22.3 Å². The molecule has 125 heavy (non-hydrogen) atoms. The zero-order chi connectivity index (χ0) is 88.5. The molecule has 0 saturated heterocycles. The zero-order valence-corrected chi connectivity index (χ0v) is 73.3. The topological polar surface area (TPSA) is 449 Å². The largest absolute Gasteiger partial charge is 0.382 e. The molecule has 0 heterocycles. The molecule has 0 aromatic heterocycles. The fourth-order valence-electron chi connectivity index (χ4n) is 10.2. The standard InChI is InChI=1S/C78H130BrNO45.H2/c1-82-23-27-86-90-31-35-94-98-39-43-102-106-47-51-110-114-55-59-118-122-63-65-124-120-61-57-116-112-53-49-108-104-45-41-100-96-37-33-92-88-29-25-84-21-5-18-78(76-67-71(14-16-74(76)75-17-15-72(79)68-77(75)78)70-12-10-69(11-13-70)7-3-8-73(81)9-4-20-80)19-6-22-85-26-30-89-93-34-38-97-101-42-46-105-109-50-54-113-117-58-62-121-125-66-64-123-119-60-56-115-111-52-48-107-103-44-40-99-95-36-32-91-87-28-24-83-2;/h10-17,67-68H,3-9,18-66,80H2,1-2H3;1H/i;1+1. The molecule has 0 saturated carbocycles. The van der Waals surface area contributed by atoms with Gasteiger partial charge in [-0.25, -0.2) is 196 Å². The van der Waals surface area contributed by atoms with E-state index in [1.807, 2.05) is 0 Å². The third-order valence-corrected chi connectivity index (χ3v) is 16.0. The highest BCUT2D eigenvalue weighted by molar-refractivity contribution is 9.10. The molecule has 0 fully saturated rings. The normalized spacial score (nSPS) is 12.4. The first-order chi connectivity index (χ1) is 62.0. The number of methoxy groups -OCH3 is 2. The zero-order valence-electron chi connectivity index (χ0n) is 71.7. The Morgan fingerprint density at radius 3 is 0.744 bits per heavy atom. The first kappa shape index (κ1) is 113. The number of halogens is 1. The van der Waals surface area contributed by atoms with Crippen molar-refractivity contribution in [3.63, 3.8) is 0 Å². The van der Waals surface area contributed by atoms with E-state index in [1.165, 1.54) is 27.8 Å². The van der Waals surface area contributed by atoms with Gasteiger partial charge in [-0.2, -0.15) is 0 Å². The first-order valence-corrected chi connectivity index (χ1v) is 42.1. The lowest BCUT2D eigenvalue weighted by atomic mass is 9.71. The fraction of sp³-hybridized carbons (Fsp3) is 0.756. The average molecular weight is 1880 g/mol. The Hall–Kier alpha value is -3.99. The van der Waals surface area contributed by atoms with E-state index in [2.05, 4.69) is 76.6 Å². The number of carbonyl (C=O) groups is 1. The summed E-state index contributed by atoms with van der Waals surface area (Å²) in [7, 11) is 3.13. The van der Waals surface area contributed by atoms with Crippen LogP contribution in [-0.4, -0.2) is 330 Å². The summed E-state index contributed by atoms with van der Waals surface area (Å²) < 4.78 is 22.8. The van der Waals surface area contributed by atoms with E-state index in [1.54, 1.807) is 14.2 Å². The van der Waals surface area contributed by atoms with Crippen LogP contribution in [0.2, 0.25) is 0 Å². The van der Waals surface area contributed by atoms with Gasteiger partial charge in [-0.05, 0) is 109 Å². The summed E-state index contributed by atoms with van der Waals surface area (Å²) in [5.41, 5.74) is 13.5. The van der Waals surface area contributed by atoms with Crippen LogP contribution in [-0.2, 0) is 231 Å². The van der Waals surface area contributed by atoms with Gasteiger partial charge in [0, 0.05) is 51.6 Å². The van der Waals surface area contributed by atoms with Gasteiger partial charge in [-0.3, -0.25) is 4.79 Å². The van der Waals surface area contributed by atoms with Crippen LogP contribution in [0.3, 0.4) is 0 Å². The molecule has 0 atom stereocenters. The van der Waals surface area contributed by atoms with Gasteiger partial charge in [0.15, 0.2) is 0 Å². The Morgan fingerprint density at radius 2 is 0.488 bits per heavy atom. The molecule has 47 heteroatoms. The van der Waals surface area contributed by atoms with Crippen LogP contribution < -0.4 is 5.73 Å². The lowest BCUT2D eigenvalue weighted by molar-refractivity contribution is -0.379. The molecule has 0 radical (unpaired) electrons. The molecule has 4 rings (SSSR count). The number of carbonyl (C=O) groups excluding carboxylic acids is 1. The highest BCUT2D eigenvalue weighted by Gasteiger charge is 2.43. The number of rotatable bonds is 102. The number of Topliss-reactive ketones (excluding diaryl/α,β-unsaturated/α-hetero) is 1. The molecule has 3 aromatic rings.